The number of rotatable bonds is 12. The molecule has 4 aromatic rings. The van der Waals surface area contributed by atoms with Gasteiger partial charge in [0.2, 0.25) is 35.4 Å². The lowest BCUT2D eigenvalue weighted by molar-refractivity contribution is -0.143. The lowest BCUT2D eigenvalue weighted by Gasteiger charge is -2.32. The summed E-state index contributed by atoms with van der Waals surface area (Å²) < 4.78 is 5.17. The number of unbranched alkanes of at least 4 members (excludes halogenated alkanes) is 1. The SMILES string of the molecule is CC(=O)Oc1ccc(C[C@@H]2NC(=O)[C@H](C)N(C)C(=O)[C@H](Cc3ccccc3)NC(=O)[C@H](C(C)C)NC(=O)[C@H](CCCCN)NC(=O)[C@@H](Cc3c[nH]c4ccccc34)NC2=O)cc1. The monoisotopic (exact) mass is 850 g/mol. The highest BCUT2D eigenvalue weighted by molar-refractivity contribution is 5.98. The Bertz CT molecular complexity index is 2210. The van der Waals surface area contributed by atoms with Crippen LogP contribution in [0.3, 0.4) is 0 Å². The average Bonchev–Trinajstić information content (AvgIpc) is 3.66. The first kappa shape index (κ1) is 46.5. The van der Waals surface area contributed by atoms with Gasteiger partial charge in [-0.05, 0) is 73.5 Å². The molecule has 0 radical (unpaired) electrons. The van der Waals surface area contributed by atoms with Crippen molar-refractivity contribution in [3.8, 4) is 5.75 Å². The molecule has 0 saturated carbocycles. The largest absolute Gasteiger partial charge is 0.427 e. The lowest BCUT2D eigenvalue weighted by Crippen LogP contribution is -2.62. The minimum Gasteiger partial charge on any atom is -0.427 e. The Morgan fingerprint density at radius 3 is 1.90 bits per heavy atom. The number of likely N-dealkylation sites (N-methyl/N-ethyl adjacent to an activating group) is 1. The van der Waals surface area contributed by atoms with Gasteiger partial charge in [-0.1, -0.05) is 74.5 Å². The van der Waals surface area contributed by atoms with Gasteiger partial charge < -0.3 is 46.9 Å². The fourth-order valence-corrected chi connectivity index (χ4v) is 7.35. The molecule has 0 spiro atoms. The summed E-state index contributed by atoms with van der Waals surface area (Å²) in [6.45, 7) is 6.63. The van der Waals surface area contributed by atoms with E-state index >= 15 is 0 Å². The number of carbonyl (C=O) groups is 7. The molecule has 1 saturated heterocycles. The highest BCUT2D eigenvalue weighted by atomic mass is 16.5. The number of nitrogens with two attached hydrogens (primary N) is 1. The number of fused-ring (bicyclic) bond motifs is 1. The van der Waals surface area contributed by atoms with Crippen LogP contribution in [0.4, 0.5) is 0 Å². The number of ether oxygens (including phenoxy) is 1. The zero-order chi connectivity index (χ0) is 44.9. The van der Waals surface area contributed by atoms with E-state index in [0.717, 1.165) is 16.5 Å². The van der Waals surface area contributed by atoms with Crippen LogP contribution >= 0.6 is 0 Å². The molecule has 1 aliphatic heterocycles. The predicted octanol–water partition coefficient (Wildman–Crippen LogP) is 2.19. The quantitative estimate of drug-likeness (QED) is 0.0628. The molecule has 0 aliphatic carbocycles. The summed E-state index contributed by atoms with van der Waals surface area (Å²) in [6.07, 6.45) is 2.97. The summed E-state index contributed by atoms with van der Waals surface area (Å²) in [6, 6.07) is 15.9. The number of hydrogen-bond donors (Lipinski definition) is 7. The van der Waals surface area contributed by atoms with Crippen LogP contribution < -0.4 is 37.1 Å². The van der Waals surface area contributed by atoms with Crippen LogP contribution in [0.5, 0.6) is 5.75 Å². The molecule has 8 N–H and O–H groups in total. The van der Waals surface area contributed by atoms with Crippen molar-refractivity contribution in [3.05, 3.63) is 102 Å². The second kappa shape index (κ2) is 21.8. The van der Waals surface area contributed by atoms with E-state index in [1.165, 1.54) is 25.8 Å². The topological polar surface area (TPSA) is 234 Å². The molecule has 16 heteroatoms. The summed E-state index contributed by atoms with van der Waals surface area (Å²) in [5.41, 5.74) is 8.65. The van der Waals surface area contributed by atoms with E-state index in [4.69, 9.17) is 10.5 Å². The van der Waals surface area contributed by atoms with Crippen LogP contribution in [0, 0.1) is 5.92 Å². The third kappa shape index (κ3) is 12.5. The molecule has 0 unspecified atom stereocenters. The summed E-state index contributed by atoms with van der Waals surface area (Å²) >= 11 is 0. The molecule has 16 nitrogen and oxygen atoms in total. The molecule has 1 aromatic heterocycles. The number of carbonyl (C=O) groups excluding carboxylic acids is 7. The van der Waals surface area contributed by atoms with Gasteiger partial charge in [0.25, 0.3) is 0 Å². The van der Waals surface area contributed by atoms with E-state index in [1.807, 2.05) is 42.5 Å². The van der Waals surface area contributed by atoms with Crippen LogP contribution in [0.1, 0.15) is 63.6 Å². The van der Waals surface area contributed by atoms with Crippen molar-refractivity contribution in [2.24, 2.45) is 11.7 Å². The van der Waals surface area contributed by atoms with Gasteiger partial charge in [0.15, 0.2) is 0 Å². The minimum atomic E-state index is -1.28. The molecule has 330 valence electrons. The van der Waals surface area contributed by atoms with E-state index in [2.05, 4.69) is 31.6 Å². The third-order valence-electron chi connectivity index (χ3n) is 11.0. The van der Waals surface area contributed by atoms with E-state index in [0.29, 0.717) is 30.5 Å². The van der Waals surface area contributed by atoms with Crippen LogP contribution in [0.25, 0.3) is 10.9 Å². The van der Waals surface area contributed by atoms with Crippen molar-refractivity contribution in [1.29, 1.82) is 0 Å². The first-order valence-electron chi connectivity index (χ1n) is 21.0. The number of H-pyrrole nitrogens is 1. The van der Waals surface area contributed by atoms with Gasteiger partial charge in [0.05, 0.1) is 0 Å². The first-order valence-corrected chi connectivity index (χ1v) is 21.0. The Kier molecular flexibility index (Phi) is 16.4. The average molecular weight is 851 g/mol. The molecule has 6 amide bonds. The number of hydrogen-bond acceptors (Lipinski definition) is 9. The van der Waals surface area contributed by atoms with Crippen LogP contribution in [0.15, 0.2) is 85.1 Å². The second-order valence-corrected chi connectivity index (χ2v) is 16.1. The Labute approximate surface area is 361 Å². The van der Waals surface area contributed by atoms with Gasteiger partial charge in [-0.15, -0.1) is 0 Å². The Morgan fingerprint density at radius 1 is 0.677 bits per heavy atom. The normalized spacial score (nSPS) is 22.2. The molecular weight excluding hydrogens is 793 g/mol. The minimum absolute atomic E-state index is 0.00391. The van der Waals surface area contributed by atoms with Gasteiger partial charge >= 0.3 is 5.97 Å². The molecule has 2 heterocycles. The van der Waals surface area contributed by atoms with Gasteiger partial charge in [-0.3, -0.25) is 33.6 Å². The smallest absolute Gasteiger partial charge is 0.308 e. The zero-order valence-electron chi connectivity index (χ0n) is 35.9. The van der Waals surface area contributed by atoms with Crippen LogP contribution in [0.2, 0.25) is 0 Å². The maximum atomic E-state index is 14.5. The molecule has 1 aliphatic rings. The third-order valence-corrected chi connectivity index (χ3v) is 11.0. The second-order valence-electron chi connectivity index (χ2n) is 16.1. The van der Waals surface area contributed by atoms with E-state index in [-0.39, 0.29) is 31.4 Å². The number of esters is 1. The molecule has 6 atom stereocenters. The van der Waals surface area contributed by atoms with Gasteiger partial charge in [-0.2, -0.15) is 0 Å². The summed E-state index contributed by atoms with van der Waals surface area (Å²) in [5.74, 6) is -4.53. The van der Waals surface area contributed by atoms with Crippen molar-refractivity contribution < 1.29 is 38.3 Å². The maximum absolute atomic E-state index is 14.5. The van der Waals surface area contributed by atoms with Crippen molar-refractivity contribution >= 4 is 52.3 Å². The number of aromatic nitrogens is 1. The number of nitrogens with zero attached hydrogens (tertiary/aromatic N) is 1. The fourth-order valence-electron chi connectivity index (χ4n) is 7.35. The number of amides is 6. The van der Waals surface area contributed by atoms with E-state index in [9.17, 15) is 33.6 Å². The van der Waals surface area contributed by atoms with Crippen molar-refractivity contribution in [2.75, 3.05) is 13.6 Å². The van der Waals surface area contributed by atoms with Crippen molar-refractivity contribution in [3.63, 3.8) is 0 Å². The Balaban J connectivity index is 1.57. The number of para-hydroxylation sites is 1. The number of benzene rings is 3. The molecule has 5 rings (SSSR count). The molecule has 3 aromatic carbocycles. The number of aromatic amines is 1. The van der Waals surface area contributed by atoms with Crippen LogP contribution in [-0.4, -0.2) is 101 Å². The highest BCUT2D eigenvalue weighted by Gasteiger charge is 2.37. The van der Waals surface area contributed by atoms with Gasteiger partial charge in [-0.25, -0.2) is 0 Å². The van der Waals surface area contributed by atoms with Crippen molar-refractivity contribution in [1.82, 2.24) is 36.5 Å². The highest BCUT2D eigenvalue weighted by Crippen LogP contribution is 2.21. The van der Waals surface area contributed by atoms with Crippen LogP contribution in [-0.2, 0) is 52.8 Å². The lowest BCUT2D eigenvalue weighted by atomic mass is 9.98. The number of nitrogens with one attached hydrogen (secondary N) is 6. The summed E-state index contributed by atoms with van der Waals surface area (Å²) in [7, 11) is 1.44. The van der Waals surface area contributed by atoms with Gasteiger partial charge in [0, 0.05) is 50.3 Å². The summed E-state index contributed by atoms with van der Waals surface area (Å²) in [4.78, 5) is 102. The Hall–Kier alpha value is -6.55. The Morgan fingerprint density at radius 2 is 1.24 bits per heavy atom. The molecule has 0 bridgehead atoms. The summed E-state index contributed by atoms with van der Waals surface area (Å²) in [5, 5.41) is 15.0. The van der Waals surface area contributed by atoms with E-state index < -0.39 is 83.6 Å². The van der Waals surface area contributed by atoms with Gasteiger partial charge in [0.1, 0.15) is 42.0 Å². The zero-order valence-corrected chi connectivity index (χ0v) is 35.9. The molecular formula is C46H58N8O8. The fraction of sp³-hybridized carbons (Fsp3) is 0.413. The first-order chi connectivity index (χ1) is 29.6. The van der Waals surface area contributed by atoms with E-state index in [1.54, 1.807) is 56.4 Å². The standard InChI is InChI=1S/C46H58N8O8/c1-27(2)40-45(60)52-39(24-30-13-7-6-8-14-30)46(61)54(5)28(3)41(56)50-37(23-31-18-20-33(21-19-31)62-29(4)55)43(58)51-38(25-32-26-48-35-16-10-9-15-34(32)35)44(59)49-36(42(57)53-40)17-11-12-22-47/h6-10,13-16,18-21,26-28,36-40,48H,11-12,17,22-25,47H2,1-5H3,(H,49,59)(H,50,56)(H,51,58)(H,52,60)(H,53,57)/t28-,36-,37-,38+,39-,40-/m0/s1. The molecule has 62 heavy (non-hydrogen) atoms. The predicted molar refractivity (Wildman–Crippen MR) is 233 cm³/mol. The van der Waals surface area contributed by atoms with Crippen molar-refractivity contribution in [2.45, 2.75) is 102 Å². The maximum Gasteiger partial charge on any atom is 0.308 e. The molecule has 1 fully saturated rings.